The Balaban J connectivity index is 2.67. The Hall–Kier alpha value is -1.98. The van der Waals surface area contributed by atoms with Crippen LogP contribution in [-0.4, -0.2) is 15.0 Å². The number of hydrogen-bond donors (Lipinski definition) is 3. The van der Waals surface area contributed by atoms with Crippen LogP contribution in [0.1, 0.15) is 5.56 Å². The molecule has 0 radical (unpaired) electrons. The molecule has 0 aliphatic heterocycles. The number of rotatable bonds is 2. The number of aromatic amines is 1. The van der Waals surface area contributed by atoms with E-state index in [0.717, 1.165) is 11.1 Å². The molecule has 13 heavy (non-hydrogen) atoms. The van der Waals surface area contributed by atoms with E-state index in [1.807, 2.05) is 0 Å². The highest BCUT2D eigenvalue weighted by Crippen LogP contribution is 2.19. The quantitative estimate of drug-likeness (QED) is 0.596. The normalized spacial score (nSPS) is 10.5. The van der Waals surface area contributed by atoms with Gasteiger partial charge in [-0.2, -0.15) is 5.11 Å². The molecule has 0 saturated heterocycles. The van der Waals surface area contributed by atoms with E-state index in [0.29, 0.717) is 17.9 Å². The van der Waals surface area contributed by atoms with Crippen LogP contribution >= 0.6 is 0 Å². The third-order valence-electron chi connectivity index (χ3n) is 1.82. The first-order valence-electron chi connectivity index (χ1n) is 3.72. The zero-order chi connectivity index (χ0) is 9.26. The summed E-state index contributed by atoms with van der Waals surface area (Å²) in [6, 6.07) is 0. The summed E-state index contributed by atoms with van der Waals surface area (Å²) < 4.78 is 0. The van der Waals surface area contributed by atoms with E-state index in [9.17, 15) is 0 Å². The molecule has 2 heterocycles. The molecular formula is C7H8N6. The average molecular weight is 176 g/mol. The summed E-state index contributed by atoms with van der Waals surface area (Å²) in [7, 11) is 0. The minimum atomic E-state index is 0.316. The second-order valence-corrected chi connectivity index (χ2v) is 2.61. The van der Waals surface area contributed by atoms with E-state index < -0.39 is 0 Å². The zero-order valence-electron chi connectivity index (χ0n) is 6.78. The van der Waals surface area contributed by atoms with Crippen LogP contribution in [0.15, 0.2) is 17.6 Å². The highest BCUT2D eigenvalue weighted by atomic mass is 15.0. The maximum Gasteiger partial charge on any atom is 0.151 e. The SMILES string of the molecule is N=NCc1c[nH]c2c(N)ncnc12. The molecule has 0 aliphatic rings. The van der Waals surface area contributed by atoms with Gasteiger partial charge in [0.2, 0.25) is 0 Å². The van der Waals surface area contributed by atoms with Crippen LogP contribution in [0.25, 0.3) is 11.0 Å². The van der Waals surface area contributed by atoms with Crippen molar-refractivity contribution in [3.05, 3.63) is 18.1 Å². The molecule has 0 fully saturated rings. The lowest BCUT2D eigenvalue weighted by Crippen LogP contribution is -1.92. The third-order valence-corrected chi connectivity index (χ3v) is 1.82. The van der Waals surface area contributed by atoms with E-state index in [4.69, 9.17) is 11.3 Å². The predicted molar refractivity (Wildman–Crippen MR) is 47.2 cm³/mol. The van der Waals surface area contributed by atoms with Gasteiger partial charge >= 0.3 is 0 Å². The molecule has 6 nitrogen and oxygen atoms in total. The van der Waals surface area contributed by atoms with E-state index in [2.05, 4.69) is 20.1 Å². The molecule has 0 saturated carbocycles. The van der Waals surface area contributed by atoms with Crippen molar-refractivity contribution >= 4 is 16.9 Å². The van der Waals surface area contributed by atoms with Crippen LogP contribution in [0.2, 0.25) is 0 Å². The zero-order valence-corrected chi connectivity index (χ0v) is 6.78. The van der Waals surface area contributed by atoms with Gasteiger partial charge in [0.1, 0.15) is 11.8 Å². The standard InChI is InChI=1S/C7H8N6/c8-7-6-5(11-3-12-7)4(1-10-6)2-13-9/h1,3,9-10H,2H2,(H2,8,11,12). The molecule has 0 aromatic carbocycles. The second kappa shape index (κ2) is 2.81. The van der Waals surface area contributed by atoms with E-state index >= 15 is 0 Å². The van der Waals surface area contributed by atoms with Gasteiger partial charge in [0.05, 0.1) is 12.1 Å². The molecule has 0 spiro atoms. The summed E-state index contributed by atoms with van der Waals surface area (Å²) in [5.74, 6) is 0.418. The van der Waals surface area contributed by atoms with Crippen molar-refractivity contribution in [2.24, 2.45) is 5.11 Å². The maximum absolute atomic E-state index is 6.74. The van der Waals surface area contributed by atoms with Gasteiger partial charge in [-0.15, -0.1) is 0 Å². The third kappa shape index (κ3) is 1.12. The largest absolute Gasteiger partial charge is 0.382 e. The van der Waals surface area contributed by atoms with E-state index in [-0.39, 0.29) is 0 Å². The van der Waals surface area contributed by atoms with Crippen molar-refractivity contribution in [2.75, 3.05) is 5.73 Å². The Labute approximate surface area is 73.7 Å². The molecule has 0 amide bonds. The lowest BCUT2D eigenvalue weighted by Gasteiger charge is -1.93. The Morgan fingerprint density at radius 3 is 3.15 bits per heavy atom. The van der Waals surface area contributed by atoms with E-state index in [1.54, 1.807) is 6.20 Å². The molecule has 2 aromatic heterocycles. The van der Waals surface area contributed by atoms with Gasteiger partial charge in [-0.05, 0) is 0 Å². The molecule has 0 unspecified atom stereocenters. The second-order valence-electron chi connectivity index (χ2n) is 2.61. The lowest BCUT2D eigenvalue weighted by molar-refractivity contribution is 0.911. The minimum absolute atomic E-state index is 0.316. The van der Waals surface area contributed by atoms with Crippen molar-refractivity contribution in [3.8, 4) is 0 Å². The van der Waals surface area contributed by atoms with Crippen molar-refractivity contribution in [3.63, 3.8) is 0 Å². The molecule has 0 aliphatic carbocycles. The van der Waals surface area contributed by atoms with Crippen LogP contribution in [0.5, 0.6) is 0 Å². The van der Waals surface area contributed by atoms with Gasteiger partial charge in [0.15, 0.2) is 5.82 Å². The summed E-state index contributed by atoms with van der Waals surface area (Å²) in [6.45, 7) is 0.316. The summed E-state index contributed by atoms with van der Waals surface area (Å²) in [5.41, 5.74) is 14.7. The molecule has 0 atom stereocenters. The van der Waals surface area contributed by atoms with Crippen LogP contribution < -0.4 is 5.73 Å². The molecule has 4 N–H and O–H groups in total. The number of fused-ring (bicyclic) bond motifs is 1. The van der Waals surface area contributed by atoms with Crippen molar-refractivity contribution in [2.45, 2.75) is 6.54 Å². The number of H-pyrrole nitrogens is 1. The van der Waals surface area contributed by atoms with Crippen LogP contribution in [-0.2, 0) is 6.54 Å². The topological polar surface area (TPSA) is 104 Å². The summed E-state index contributed by atoms with van der Waals surface area (Å²) in [4.78, 5) is 10.8. The number of anilines is 1. The summed E-state index contributed by atoms with van der Waals surface area (Å²) >= 11 is 0. The van der Waals surface area contributed by atoms with Gasteiger partial charge in [-0.3, -0.25) is 0 Å². The number of aromatic nitrogens is 3. The Bertz CT molecular complexity index is 445. The minimum Gasteiger partial charge on any atom is -0.382 e. The fraction of sp³-hybridized carbons (Fsp3) is 0.143. The smallest absolute Gasteiger partial charge is 0.151 e. The maximum atomic E-state index is 6.74. The van der Waals surface area contributed by atoms with Gasteiger partial charge in [-0.1, -0.05) is 0 Å². The summed E-state index contributed by atoms with van der Waals surface area (Å²) in [6.07, 6.45) is 3.15. The van der Waals surface area contributed by atoms with Gasteiger partial charge < -0.3 is 10.7 Å². The Morgan fingerprint density at radius 1 is 1.54 bits per heavy atom. The number of nitrogens with two attached hydrogens (primary N) is 1. The van der Waals surface area contributed by atoms with Crippen molar-refractivity contribution < 1.29 is 0 Å². The van der Waals surface area contributed by atoms with Gasteiger partial charge in [-0.25, -0.2) is 15.5 Å². The van der Waals surface area contributed by atoms with Crippen molar-refractivity contribution in [1.82, 2.24) is 15.0 Å². The van der Waals surface area contributed by atoms with Gasteiger partial charge in [0, 0.05) is 11.8 Å². The summed E-state index contributed by atoms with van der Waals surface area (Å²) in [5, 5.41) is 3.29. The van der Waals surface area contributed by atoms with Crippen molar-refractivity contribution in [1.29, 1.82) is 5.53 Å². The molecule has 2 rings (SSSR count). The highest BCUT2D eigenvalue weighted by molar-refractivity contribution is 5.86. The average Bonchev–Trinajstić information content (AvgIpc) is 2.51. The monoisotopic (exact) mass is 176 g/mol. The van der Waals surface area contributed by atoms with Crippen LogP contribution in [0.4, 0.5) is 5.82 Å². The number of nitrogen functional groups attached to an aromatic ring is 1. The van der Waals surface area contributed by atoms with Gasteiger partial charge in [0.25, 0.3) is 0 Å². The lowest BCUT2D eigenvalue weighted by atomic mass is 10.3. The molecule has 2 aromatic rings. The first-order chi connectivity index (χ1) is 6.33. The molecule has 6 heteroatoms. The fourth-order valence-electron chi connectivity index (χ4n) is 1.22. The van der Waals surface area contributed by atoms with Crippen LogP contribution in [0, 0.1) is 5.53 Å². The first-order valence-corrected chi connectivity index (χ1v) is 3.72. The number of nitrogens with one attached hydrogen (secondary N) is 2. The first kappa shape index (κ1) is 7.66. The predicted octanol–water partition coefficient (Wildman–Crippen LogP) is 1.07. The molecule has 0 bridgehead atoms. The van der Waals surface area contributed by atoms with Crippen LogP contribution in [0.3, 0.4) is 0 Å². The highest BCUT2D eigenvalue weighted by Gasteiger charge is 2.06. The number of hydrogen-bond acceptors (Lipinski definition) is 5. The van der Waals surface area contributed by atoms with E-state index in [1.165, 1.54) is 6.33 Å². The number of nitrogens with zero attached hydrogens (tertiary/aromatic N) is 3. The Kier molecular flexibility index (Phi) is 1.66. The fourth-order valence-corrected chi connectivity index (χ4v) is 1.22. The molecule has 66 valence electrons. The molecular weight excluding hydrogens is 168 g/mol. The Morgan fingerprint density at radius 2 is 2.38 bits per heavy atom.